The van der Waals surface area contributed by atoms with Crippen molar-refractivity contribution in [2.45, 2.75) is 38.8 Å². The number of halogens is 1. The molecule has 0 aliphatic heterocycles. The number of benzene rings is 1. The van der Waals surface area contributed by atoms with Gasteiger partial charge in [-0.05, 0) is 50.8 Å². The molecule has 1 N–H and O–H groups in total. The summed E-state index contributed by atoms with van der Waals surface area (Å²) in [5.41, 5.74) is 1.32. The van der Waals surface area contributed by atoms with Gasteiger partial charge in [-0.15, -0.1) is 0 Å². The molecule has 1 aliphatic rings. The van der Waals surface area contributed by atoms with E-state index in [1.165, 1.54) is 12.8 Å². The molecular weight excluding hydrogens is 234 g/mol. The lowest BCUT2D eigenvalue weighted by Gasteiger charge is -2.26. The van der Waals surface area contributed by atoms with Gasteiger partial charge in [-0.25, -0.2) is 0 Å². The Morgan fingerprint density at radius 2 is 2.12 bits per heavy atom. The van der Waals surface area contributed by atoms with E-state index in [1.807, 2.05) is 18.2 Å². The van der Waals surface area contributed by atoms with Crippen LogP contribution in [-0.2, 0) is 6.54 Å². The molecule has 0 spiro atoms. The van der Waals surface area contributed by atoms with Gasteiger partial charge in [-0.3, -0.25) is 0 Å². The van der Waals surface area contributed by atoms with E-state index in [0.717, 1.165) is 28.8 Å². The van der Waals surface area contributed by atoms with Gasteiger partial charge in [0.25, 0.3) is 0 Å². The summed E-state index contributed by atoms with van der Waals surface area (Å²) in [5.74, 6) is 1.71. The van der Waals surface area contributed by atoms with Gasteiger partial charge in [0.05, 0.1) is 7.11 Å². The zero-order valence-electron chi connectivity index (χ0n) is 10.7. The highest BCUT2D eigenvalue weighted by Gasteiger charge is 2.37. The number of rotatable bonds is 5. The van der Waals surface area contributed by atoms with Crippen LogP contribution in [0.3, 0.4) is 0 Å². The van der Waals surface area contributed by atoms with Crippen LogP contribution < -0.4 is 10.1 Å². The van der Waals surface area contributed by atoms with Crippen LogP contribution in [0.4, 0.5) is 0 Å². The Hall–Kier alpha value is -0.730. The van der Waals surface area contributed by atoms with E-state index < -0.39 is 0 Å². The fraction of sp³-hybridized carbons (Fsp3) is 0.571. The molecule has 3 heteroatoms. The molecule has 2 nitrogen and oxygen atoms in total. The van der Waals surface area contributed by atoms with Gasteiger partial charge in [0, 0.05) is 22.7 Å². The fourth-order valence-electron chi connectivity index (χ4n) is 2.16. The first-order valence-electron chi connectivity index (χ1n) is 6.10. The lowest BCUT2D eigenvalue weighted by molar-refractivity contribution is 0.334. The first-order chi connectivity index (χ1) is 8.03. The molecule has 1 fully saturated rings. The molecule has 0 heterocycles. The minimum atomic E-state index is 0.202. The van der Waals surface area contributed by atoms with Crippen LogP contribution in [0.2, 0.25) is 5.02 Å². The Morgan fingerprint density at radius 3 is 2.71 bits per heavy atom. The zero-order chi connectivity index (χ0) is 12.5. The molecule has 17 heavy (non-hydrogen) atoms. The number of methoxy groups -OCH3 is 1. The third kappa shape index (κ3) is 3.14. The summed E-state index contributed by atoms with van der Waals surface area (Å²) >= 11 is 6.02. The predicted molar refractivity (Wildman–Crippen MR) is 71.6 cm³/mol. The molecule has 1 aliphatic carbocycles. The van der Waals surface area contributed by atoms with Crippen molar-refractivity contribution in [2.75, 3.05) is 7.11 Å². The summed E-state index contributed by atoms with van der Waals surface area (Å²) in [7, 11) is 1.69. The average Bonchev–Trinajstić information content (AvgIpc) is 3.11. The van der Waals surface area contributed by atoms with Crippen molar-refractivity contribution in [2.24, 2.45) is 5.92 Å². The van der Waals surface area contributed by atoms with Crippen LogP contribution in [0.25, 0.3) is 0 Å². The van der Waals surface area contributed by atoms with Crippen LogP contribution in [-0.4, -0.2) is 12.6 Å². The summed E-state index contributed by atoms with van der Waals surface area (Å²) in [6, 6.07) is 5.75. The second-order valence-corrected chi connectivity index (χ2v) is 5.74. The first-order valence-corrected chi connectivity index (χ1v) is 6.48. The molecule has 1 aromatic rings. The molecule has 0 saturated heterocycles. The number of hydrogen-bond donors (Lipinski definition) is 1. The van der Waals surface area contributed by atoms with Crippen molar-refractivity contribution in [3.8, 4) is 5.75 Å². The molecule has 1 saturated carbocycles. The molecule has 0 bridgehead atoms. The van der Waals surface area contributed by atoms with Crippen molar-refractivity contribution >= 4 is 11.6 Å². The summed E-state index contributed by atoms with van der Waals surface area (Å²) in [6.07, 6.45) is 2.68. The van der Waals surface area contributed by atoms with Gasteiger partial charge in [0.1, 0.15) is 5.75 Å². The second-order valence-electron chi connectivity index (χ2n) is 5.31. The van der Waals surface area contributed by atoms with Gasteiger partial charge < -0.3 is 10.1 Å². The van der Waals surface area contributed by atoms with Crippen molar-refractivity contribution in [3.63, 3.8) is 0 Å². The maximum atomic E-state index is 6.02. The van der Waals surface area contributed by atoms with Crippen LogP contribution >= 0.6 is 11.6 Å². The molecule has 0 aromatic heterocycles. The normalized spacial score (nSPS) is 16.0. The summed E-state index contributed by atoms with van der Waals surface area (Å²) in [4.78, 5) is 0. The largest absolute Gasteiger partial charge is 0.496 e. The maximum absolute atomic E-state index is 6.02. The Morgan fingerprint density at radius 1 is 1.41 bits per heavy atom. The highest BCUT2D eigenvalue weighted by atomic mass is 35.5. The van der Waals surface area contributed by atoms with Crippen LogP contribution in [0.1, 0.15) is 32.3 Å². The van der Waals surface area contributed by atoms with Gasteiger partial charge in [-0.2, -0.15) is 0 Å². The van der Waals surface area contributed by atoms with E-state index in [1.54, 1.807) is 7.11 Å². The third-order valence-corrected chi connectivity index (χ3v) is 3.81. The topological polar surface area (TPSA) is 21.3 Å². The van der Waals surface area contributed by atoms with E-state index in [9.17, 15) is 0 Å². The van der Waals surface area contributed by atoms with Crippen molar-refractivity contribution in [1.82, 2.24) is 5.32 Å². The average molecular weight is 254 g/mol. The Balaban J connectivity index is 2.04. The maximum Gasteiger partial charge on any atom is 0.123 e. The lowest BCUT2D eigenvalue weighted by atomic mass is 9.98. The van der Waals surface area contributed by atoms with Crippen molar-refractivity contribution < 1.29 is 4.74 Å². The van der Waals surface area contributed by atoms with Gasteiger partial charge in [0.15, 0.2) is 0 Å². The van der Waals surface area contributed by atoms with Crippen LogP contribution in [0.15, 0.2) is 18.2 Å². The highest BCUT2D eigenvalue weighted by molar-refractivity contribution is 6.30. The number of nitrogens with one attached hydrogen (secondary N) is 1. The molecule has 0 unspecified atom stereocenters. The zero-order valence-corrected chi connectivity index (χ0v) is 11.5. The fourth-order valence-corrected chi connectivity index (χ4v) is 2.35. The second kappa shape index (κ2) is 4.87. The molecule has 94 valence electrons. The smallest absolute Gasteiger partial charge is 0.123 e. The quantitative estimate of drug-likeness (QED) is 0.865. The Labute approximate surface area is 108 Å². The minimum Gasteiger partial charge on any atom is -0.496 e. The van der Waals surface area contributed by atoms with E-state index in [2.05, 4.69) is 19.2 Å². The molecule has 0 atom stereocenters. The number of hydrogen-bond acceptors (Lipinski definition) is 2. The Kier molecular flexibility index (Phi) is 3.64. The minimum absolute atomic E-state index is 0.202. The standard InChI is InChI=1S/C14H20ClNO/c1-14(2,11-4-5-11)16-9-10-8-12(15)6-7-13(10)17-3/h6-8,11,16H,4-5,9H2,1-3H3. The van der Waals surface area contributed by atoms with E-state index in [4.69, 9.17) is 16.3 Å². The Bertz CT molecular complexity index is 399. The van der Waals surface area contributed by atoms with Gasteiger partial charge in [-0.1, -0.05) is 11.6 Å². The summed E-state index contributed by atoms with van der Waals surface area (Å²) in [5, 5.41) is 4.36. The lowest BCUT2D eigenvalue weighted by Crippen LogP contribution is -2.40. The third-order valence-electron chi connectivity index (χ3n) is 3.57. The molecular formula is C14H20ClNO. The first kappa shape index (κ1) is 12.7. The van der Waals surface area contributed by atoms with Crippen LogP contribution in [0, 0.1) is 5.92 Å². The monoisotopic (exact) mass is 253 g/mol. The molecule has 0 radical (unpaired) electrons. The highest BCUT2D eigenvalue weighted by Crippen LogP contribution is 2.39. The van der Waals surface area contributed by atoms with Gasteiger partial charge >= 0.3 is 0 Å². The SMILES string of the molecule is COc1ccc(Cl)cc1CNC(C)(C)C1CC1. The molecule has 1 aromatic carbocycles. The summed E-state index contributed by atoms with van der Waals surface area (Å²) in [6.45, 7) is 5.33. The van der Waals surface area contributed by atoms with Crippen molar-refractivity contribution in [1.29, 1.82) is 0 Å². The molecule has 0 amide bonds. The van der Waals surface area contributed by atoms with Crippen molar-refractivity contribution in [3.05, 3.63) is 28.8 Å². The van der Waals surface area contributed by atoms with E-state index in [0.29, 0.717) is 0 Å². The van der Waals surface area contributed by atoms with E-state index >= 15 is 0 Å². The molecule has 2 rings (SSSR count). The van der Waals surface area contributed by atoms with Gasteiger partial charge in [0.2, 0.25) is 0 Å². The number of ether oxygens (including phenoxy) is 1. The summed E-state index contributed by atoms with van der Waals surface area (Å²) < 4.78 is 5.34. The van der Waals surface area contributed by atoms with Crippen LogP contribution in [0.5, 0.6) is 5.75 Å². The van der Waals surface area contributed by atoms with E-state index in [-0.39, 0.29) is 5.54 Å². The predicted octanol–water partition coefficient (Wildman–Crippen LogP) is 3.63.